The third-order valence-corrected chi connectivity index (χ3v) is 4.33. The summed E-state index contributed by atoms with van der Waals surface area (Å²) in [5.74, 6) is -0.0718. The highest BCUT2D eigenvalue weighted by Gasteiger charge is 2.26. The number of esters is 1. The zero-order chi connectivity index (χ0) is 14.7. The summed E-state index contributed by atoms with van der Waals surface area (Å²) in [6.45, 7) is 6.40. The van der Waals surface area contributed by atoms with Crippen LogP contribution in [0.3, 0.4) is 0 Å². The van der Waals surface area contributed by atoms with Crippen LogP contribution in [0.25, 0.3) is 10.2 Å². The van der Waals surface area contributed by atoms with Gasteiger partial charge >= 0.3 is 5.97 Å². The van der Waals surface area contributed by atoms with Crippen molar-refractivity contribution in [3.63, 3.8) is 0 Å². The van der Waals surface area contributed by atoms with Crippen LogP contribution in [-0.4, -0.2) is 17.6 Å². The number of thiazole rings is 1. The number of hydrogen-bond donors (Lipinski definition) is 0. The molecule has 1 unspecified atom stereocenters. The maximum atomic E-state index is 12.1. The summed E-state index contributed by atoms with van der Waals surface area (Å²) in [6.07, 6.45) is 0.742. The summed E-state index contributed by atoms with van der Waals surface area (Å²) in [6, 6.07) is 5.61. The number of halogens is 1. The van der Waals surface area contributed by atoms with E-state index in [9.17, 15) is 4.79 Å². The van der Waals surface area contributed by atoms with Gasteiger partial charge in [-0.1, -0.05) is 25.4 Å². The van der Waals surface area contributed by atoms with Crippen molar-refractivity contribution >= 4 is 39.1 Å². The van der Waals surface area contributed by atoms with Gasteiger partial charge in [-0.3, -0.25) is 4.79 Å². The number of aromatic nitrogens is 1. The minimum atomic E-state index is -0.286. The first-order valence-corrected chi connectivity index (χ1v) is 7.93. The summed E-state index contributed by atoms with van der Waals surface area (Å²) in [5, 5.41) is 1.47. The maximum absolute atomic E-state index is 12.1. The Bertz CT molecular complexity index is 609. The molecule has 0 aliphatic heterocycles. The quantitative estimate of drug-likeness (QED) is 0.755. The van der Waals surface area contributed by atoms with Gasteiger partial charge in [-0.15, -0.1) is 11.3 Å². The summed E-state index contributed by atoms with van der Waals surface area (Å²) >= 11 is 7.52. The molecule has 2 aromatic rings. The Morgan fingerprint density at radius 1 is 1.45 bits per heavy atom. The van der Waals surface area contributed by atoms with E-state index in [-0.39, 0.29) is 11.9 Å². The van der Waals surface area contributed by atoms with Gasteiger partial charge in [0.1, 0.15) is 10.9 Å². The van der Waals surface area contributed by atoms with Crippen LogP contribution >= 0.6 is 22.9 Å². The van der Waals surface area contributed by atoms with Crippen LogP contribution in [0, 0.1) is 5.92 Å². The number of rotatable bonds is 5. The minimum Gasteiger partial charge on any atom is -0.465 e. The molecule has 0 saturated carbocycles. The molecule has 0 spiro atoms. The van der Waals surface area contributed by atoms with E-state index in [0.29, 0.717) is 17.5 Å². The molecule has 108 valence electrons. The van der Waals surface area contributed by atoms with Gasteiger partial charge in [0, 0.05) is 5.02 Å². The van der Waals surface area contributed by atoms with Crippen LogP contribution in [0.5, 0.6) is 0 Å². The van der Waals surface area contributed by atoms with E-state index < -0.39 is 0 Å². The predicted molar refractivity (Wildman–Crippen MR) is 83.5 cm³/mol. The molecule has 0 aliphatic rings. The molecule has 2 rings (SSSR count). The van der Waals surface area contributed by atoms with E-state index >= 15 is 0 Å². The molecule has 0 amide bonds. The van der Waals surface area contributed by atoms with Crippen molar-refractivity contribution in [3.8, 4) is 0 Å². The van der Waals surface area contributed by atoms with Gasteiger partial charge in [-0.25, -0.2) is 4.98 Å². The molecule has 1 atom stereocenters. The van der Waals surface area contributed by atoms with Gasteiger partial charge in [0.05, 0.1) is 16.8 Å². The van der Waals surface area contributed by atoms with Crippen molar-refractivity contribution in [1.29, 1.82) is 0 Å². The van der Waals surface area contributed by atoms with Crippen LogP contribution in [0.1, 0.15) is 38.1 Å². The average Bonchev–Trinajstić information content (AvgIpc) is 2.78. The Morgan fingerprint density at radius 3 is 2.85 bits per heavy atom. The number of carbonyl (C=O) groups is 1. The van der Waals surface area contributed by atoms with E-state index in [1.54, 1.807) is 0 Å². The van der Waals surface area contributed by atoms with Crippen molar-refractivity contribution in [3.05, 3.63) is 28.2 Å². The monoisotopic (exact) mass is 311 g/mol. The smallest absolute Gasteiger partial charge is 0.315 e. The number of benzene rings is 1. The molecule has 0 saturated heterocycles. The fraction of sp³-hybridized carbons (Fsp3) is 0.467. The Hall–Kier alpha value is -1.13. The van der Waals surface area contributed by atoms with Gasteiger partial charge in [-0.05, 0) is 37.5 Å². The zero-order valence-corrected chi connectivity index (χ0v) is 13.4. The standard InChI is InChI=1S/C15H18ClNO2S/c1-4-19-15(18)11(7-9(2)3)14-17-12-8-10(16)5-6-13(12)20-14/h5-6,8-9,11H,4,7H2,1-3H3. The molecule has 1 heterocycles. The highest BCUT2D eigenvalue weighted by Crippen LogP contribution is 2.33. The number of fused-ring (bicyclic) bond motifs is 1. The van der Waals surface area contributed by atoms with Crippen molar-refractivity contribution in [2.45, 2.75) is 33.1 Å². The second-order valence-corrected chi connectivity index (χ2v) is 6.60. The van der Waals surface area contributed by atoms with Gasteiger partial charge in [0.2, 0.25) is 0 Å². The number of carbonyl (C=O) groups excluding carboxylic acids is 1. The van der Waals surface area contributed by atoms with Crippen LogP contribution in [0.4, 0.5) is 0 Å². The summed E-state index contributed by atoms with van der Waals surface area (Å²) in [4.78, 5) is 16.7. The number of ether oxygens (including phenoxy) is 1. The fourth-order valence-electron chi connectivity index (χ4n) is 2.08. The van der Waals surface area contributed by atoms with E-state index in [4.69, 9.17) is 16.3 Å². The molecule has 0 fully saturated rings. The first kappa shape index (κ1) is 15.3. The third-order valence-electron chi connectivity index (χ3n) is 2.94. The molecular formula is C15H18ClNO2S. The van der Waals surface area contributed by atoms with Crippen LogP contribution < -0.4 is 0 Å². The molecule has 0 bridgehead atoms. The first-order valence-electron chi connectivity index (χ1n) is 6.74. The fourth-order valence-corrected chi connectivity index (χ4v) is 3.30. The summed E-state index contributed by atoms with van der Waals surface area (Å²) in [7, 11) is 0. The van der Waals surface area contributed by atoms with E-state index in [1.807, 2.05) is 25.1 Å². The van der Waals surface area contributed by atoms with Crippen molar-refractivity contribution in [1.82, 2.24) is 4.98 Å². The van der Waals surface area contributed by atoms with E-state index in [0.717, 1.165) is 21.6 Å². The van der Waals surface area contributed by atoms with Crippen LogP contribution in [-0.2, 0) is 9.53 Å². The molecule has 0 radical (unpaired) electrons. The zero-order valence-electron chi connectivity index (χ0n) is 11.9. The molecule has 0 aliphatic carbocycles. The molecule has 3 nitrogen and oxygen atoms in total. The lowest BCUT2D eigenvalue weighted by molar-refractivity contribution is -0.145. The lowest BCUT2D eigenvalue weighted by atomic mass is 9.98. The Balaban J connectivity index is 2.36. The topological polar surface area (TPSA) is 39.2 Å². The van der Waals surface area contributed by atoms with Crippen LogP contribution in [0.2, 0.25) is 5.02 Å². The molecule has 5 heteroatoms. The Kier molecular flexibility index (Phi) is 5.00. The average molecular weight is 312 g/mol. The summed E-state index contributed by atoms with van der Waals surface area (Å²) < 4.78 is 6.22. The first-order chi connectivity index (χ1) is 9.51. The maximum Gasteiger partial charge on any atom is 0.315 e. The molecule has 20 heavy (non-hydrogen) atoms. The second-order valence-electron chi connectivity index (χ2n) is 5.10. The van der Waals surface area contributed by atoms with Gasteiger partial charge < -0.3 is 4.74 Å². The minimum absolute atomic E-state index is 0.189. The summed E-state index contributed by atoms with van der Waals surface area (Å²) in [5.41, 5.74) is 0.843. The molecule has 0 N–H and O–H groups in total. The molecule has 1 aromatic heterocycles. The van der Waals surface area contributed by atoms with Gasteiger partial charge in [0.15, 0.2) is 0 Å². The normalized spacial score (nSPS) is 12.8. The number of hydrogen-bond acceptors (Lipinski definition) is 4. The highest BCUT2D eigenvalue weighted by atomic mass is 35.5. The lowest BCUT2D eigenvalue weighted by Crippen LogP contribution is -2.17. The second kappa shape index (κ2) is 6.55. The molecular weight excluding hydrogens is 294 g/mol. The highest BCUT2D eigenvalue weighted by molar-refractivity contribution is 7.18. The molecule has 1 aromatic carbocycles. The largest absolute Gasteiger partial charge is 0.465 e. The van der Waals surface area contributed by atoms with E-state index in [2.05, 4.69) is 18.8 Å². The van der Waals surface area contributed by atoms with Crippen molar-refractivity contribution in [2.75, 3.05) is 6.61 Å². The lowest BCUT2D eigenvalue weighted by Gasteiger charge is -2.14. The van der Waals surface area contributed by atoms with Crippen LogP contribution in [0.15, 0.2) is 18.2 Å². The third kappa shape index (κ3) is 3.49. The van der Waals surface area contributed by atoms with E-state index in [1.165, 1.54) is 11.3 Å². The number of nitrogens with zero attached hydrogens (tertiary/aromatic N) is 1. The van der Waals surface area contributed by atoms with Gasteiger partial charge in [-0.2, -0.15) is 0 Å². The SMILES string of the molecule is CCOC(=O)C(CC(C)C)c1nc2cc(Cl)ccc2s1. The predicted octanol–water partition coefficient (Wildman–Crippen LogP) is 4.64. The van der Waals surface area contributed by atoms with Crippen molar-refractivity contribution in [2.24, 2.45) is 5.92 Å². The Morgan fingerprint density at radius 2 is 2.20 bits per heavy atom. The Labute approximate surface area is 127 Å². The van der Waals surface area contributed by atoms with Gasteiger partial charge in [0.25, 0.3) is 0 Å². The van der Waals surface area contributed by atoms with Crippen molar-refractivity contribution < 1.29 is 9.53 Å².